The Kier molecular flexibility index (Phi) is 6.03. The van der Waals surface area contributed by atoms with Crippen molar-refractivity contribution in [1.29, 1.82) is 0 Å². The maximum Gasteiger partial charge on any atom is 0.249 e. The predicted molar refractivity (Wildman–Crippen MR) is 104 cm³/mol. The number of hydrogen-bond acceptors (Lipinski definition) is 4. The lowest BCUT2D eigenvalue weighted by Crippen LogP contribution is -2.52. The molecule has 0 spiro atoms. The van der Waals surface area contributed by atoms with Crippen molar-refractivity contribution in [2.45, 2.75) is 71.3 Å². The van der Waals surface area contributed by atoms with Crippen LogP contribution >= 0.6 is 0 Å². The fraction of sp³-hybridized carbons (Fsp3) is 0.571. The number of hydrogen-bond donors (Lipinski definition) is 2. The standard InChI is InChI=1S/C21H29N3O4/c1-4-17(28-5-2)19(26)22-11-14-6-7-15-12-24(13-16(15)10-14)20(27)21(3)9-8-18(25)23-21/h6-7,10,17H,4-5,8-9,11-13H2,1-3H3,(H,22,26)(H,23,25)/t17?,21-/m0/s1. The molecule has 3 rings (SSSR count). The molecular formula is C21H29N3O4. The average molecular weight is 387 g/mol. The second-order valence-electron chi connectivity index (χ2n) is 7.71. The largest absolute Gasteiger partial charge is 0.369 e. The number of carbonyl (C=O) groups is 3. The number of ether oxygens (including phenoxy) is 1. The molecule has 0 bridgehead atoms. The molecule has 0 aromatic heterocycles. The van der Waals surface area contributed by atoms with Crippen molar-refractivity contribution in [3.8, 4) is 0 Å². The molecule has 2 N–H and O–H groups in total. The molecule has 0 aliphatic carbocycles. The summed E-state index contributed by atoms with van der Waals surface area (Å²) in [6, 6.07) is 6.04. The number of carbonyl (C=O) groups excluding carboxylic acids is 3. The van der Waals surface area contributed by atoms with E-state index in [-0.39, 0.29) is 17.7 Å². The minimum atomic E-state index is -0.801. The SMILES string of the molecule is CCOC(CC)C(=O)NCc1ccc2c(c1)CN(C(=O)[C@]1(C)CCC(=O)N1)C2. The van der Waals surface area contributed by atoms with Crippen LogP contribution in [0.25, 0.3) is 0 Å². The van der Waals surface area contributed by atoms with E-state index in [9.17, 15) is 14.4 Å². The van der Waals surface area contributed by atoms with E-state index in [1.807, 2.05) is 32.0 Å². The Labute approximate surface area is 165 Å². The van der Waals surface area contributed by atoms with Gasteiger partial charge in [0.15, 0.2) is 0 Å². The molecular weight excluding hydrogens is 358 g/mol. The highest BCUT2D eigenvalue weighted by Gasteiger charge is 2.43. The Morgan fingerprint density at radius 1 is 1.29 bits per heavy atom. The normalized spacial score (nSPS) is 22.0. The second-order valence-corrected chi connectivity index (χ2v) is 7.71. The number of nitrogens with zero attached hydrogens (tertiary/aromatic N) is 1. The van der Waals surface area contributed by atoms with E-state index >= 15 is 0 Å². The number of benzene rings is 1. The van der Waals surface area contributed by atoms with Gasteiger partial charge in [0.1, 0.15) is 11.6 Å². The molecule has 1 aromatic rings. The van der Waals surface area contributed by atoms with Crippen molar-refractivity contribution in [3.05, 3.63) is 34.9 Å². The quantitative estimate of drug-likeness (QED) is 0.744. The van der Waals surface area contributed by atoms with Gasteiger partial charge in [0.25, 0.3) is 0 Å². The zero-order chi connectivity index (χ0) is 20.3. The average Bonchev–Trinajstić information content (AvgIpc) is 3.26. The van der Waals surface area contributed by atoms with Gasteiger partial charge >= 0.3 is 0 Å². The van der Waals surface area contributed by atoms with Crippen molar-refractivity contribution in [3.63, 3.8) is 0 Å². The van der Waals surface area contributed by atoms with Gasteiger partial charge in [-0.3, -0.25) is 14.4 Å². The number of fused-ring (bicyclic) bond motifs is 1. The summed E-state index contributed by atoms with van der Waals surface area (Å²) in [6.45, 7) is 7.61. The van der Waals surface area contributed by atoms with Gasteiger partial charge in [-0.05, 0) is 43.4 Å². The van der Waals surface area contributed by atoms with E-state index in [4.69, 9.17) is 4.74 Å². The van der Waals surface area contributed by atoms with Crippen molar-refractivity contribution >= 4 is 17.7 Å². The number of amides is 3. The summed E-state index contributed by atoms with van der Waals surface area (Å²) in [7, 11) is 0. The molecule has 1 fully saturated rings. The molecule has 2 aliphatic rings. The molecule has 7 nitrogen and oxygen atoms in total. The molecule has 0 saturated carbocycles. The minimum Gasteiger partial charge on any atom is -0.369 e. The van der Waals surface area contributed by atoms with Crippen molar-refractivity contribution in [2.75, 3.05) is 6.61 Å². The molecule has 2 heterocycles. The van der Waals surface area contributed by atoms with Crippen LogP contribution in [0, 0.1) is 0 Å². The lowest BCUT2D eigenvalue weighted by molar-refractivity contribution is -0.139. The van der Waals surface area contributed by atoms with Crippen LogP contribution in [0.4, 0.5) is 0 Å². The zero-order valence-electron chi connectivity index (χ0n) is 16.8. The topological polar surface area (TPSA) is 87.7 Å². The maximum absolute atomic E-state index is 12.9. The fourth-order valence-corrected chi connectivity index (χ4v) is 3.89. The fourth-order valence-electron chi connectivity index (χ4n) is 3.89. The summed E-state index contributed by atoms with van der Waals surface area (Å²) in [5, 5.41) is 5.74. The molecule has 7 heteroatoms. The van der Waals surface area contributed by atoms with Gasteiger partial charge in [-0.25, -0.2) is 0 Å². The summed E-state index contributed by atoms with van der Waals surface area (Å²) < 4.78 is 5.44. The van der Waals surface area contributed by atoms with Crippen LogP contribution in [-0.4, -0.2) is 40.9 Å². The third-order valence-corrected chi connectivity index (χ3v) is 5.52. The molecule has 1 aromatic carbocycles. The van der Waals surface area contributed by atoms with E-state index in [1.165, 1.54) is 0 Å². The molecule has 2 atom stereocenters. The third kappa shape index (κ3) is 4.19. The van der Waals surface area contributed by atoms with Crippen LogP contribution in [0.2, 0.25) is 0 Å². The van der Waals surface area contributed by atoms with Gasteiger partial charge < -0.3 is 20.3 Å². The molecule has 1 saturated heterocycles. The Morgan fingerprint density at radius 2 is 2.04 bits per heavy atom. The monoisotopic (exact) mass is 387 g/mol. The van der Waals surface area contributed by atoms with Gasteiger partial charge in [0.2, 0.25) is 17.7 Å². The first-order valence-electron chi connectivity index (χ1n) is 9.96. The highest BCUT2D eigenvalue weighted by molar-refractivity contribution is 5.94. The lowest BCUT2D eigenvalue weighted by atomic mass is 9.98. The third-order valence-electron chi connectivity index (χ3n) is 5.52. The summed E-state index contributed by atoms with van der Waals surface area (Å²) in [6.07, 6.45) is 1.14. The zero-order valence-corrected chi connectivity index (χ0v) is 16.8. The molecule has 28 heavy (non-hydrogen) atoms. The molecule has 2 aliphatic heterocycles. The van der Waals surface area contributed by atoms with Gasteiger partial charge in [0, 0.05) is 32.7 Å². The second kappa shape index (κ2) is 8.31. The van der Waals surface area contributed by atoms with E-state index in [2.05, 4.69) is 10.6 Å². The van der Waals surface area contributed by atoms with E-state index < -0.39 is 11.6 Å². The highest BCUT2D eigenvalue weighted by Crippen LogP contribution is 2.29. The van der Waals surface area contributed by atoms with Crippen molar-refractivity contribution in [1.82, 2.24) is 15.5 Å². The first-order chi connectivity index (χ1) is 13.4. The molecule has 3 amide bonds. The predicted octanol–water partition coefficient (Wildman–Crippen LogP) is 1.63. The molecule has 0 radical (unpaired) electrons. The van der Waals surface area contributed by atoms with Gasteiger partial charge in [-0.1, -0.05) is 25.1 Å². The van der Waals surface area contributed by atoms with Crippen LogP contribution in [0.5, 0.6) is 0 Å². The Morgan fingerprint density at radius 3 is 2.68 bits per heavy atom. The van der Waals surface area contributed by atoms with Crippen molar-refractivity contribution in [2.24, 2.45) is 0 Å². The van der Waals surface area contributed by atoms with Gasteiger partial charge in [-0.15, -0.1) is 0 Å². The van der Waals surface area contributed by atoms with Crippen LogP contribution < -0.4 is 10.6 Å². The first-order valence-corrected chi connectivity index (χ1v) is 9.96. The Bertz CT molecular complexity index is 779. The van der Waals surface area contributed by atoms with E-state index in [0.29, 0.717) is 45.5 Å². The Hall–Kier alpha value is -2.41. The van der Waals surface area contributed by atoms with E-state index in [1.54, 1.807) is 11.8 Å². The van der Waals surface area contributed by atoms with Crippen molar-refractivity contribution < 1.29 is 19.1 Å². The van der Waals surface area contributed by atoms with Crippen LogP contribution in [0.3, 0.4) is 0 Å². The van der Waals surface area contributed by atoms with Gasteiger partial charge in [0.05, 0.1) is 0 Å². The van der Waals surface area contributed by atoms with Crippen LogP contribution in [-0.2, 0) is 38.8 Å². The number of rotatable bonds is 7. The van der Waals surface area contributed by atoms with Gasteiger partial charge in [-0.2, -0.15) is 0 Å². The van der Waals surface area contributed by atoms with Crippen LogP contribution in [0.15, 0.2) is 18.2 Å². The van der Waals surface area contributed by atoms with E-state index in [0.717, 1.165) is 16.7 Å². The first kappa shape index (κ1) is 20.3. The molecule has 152 valence electrons. The Balaban J connectivity index is 1.60. The number of nitrogens with one attached hydrogen (secondary N) is 2. The summed E-state index contributed by atoms with van der Waals surface area (Å²) in [4.78, 5) is 38.4. The maximum atomic E-state index is 12.9. The highest BCUT2D eigenvalue weighted by atomic mass is 16.5. The molecule has 1 unspecified atom stereocenters. The van der Waals surface area contributed by atoms with Crippen LogP contribution in [0.1, 0.15) is 56.7 Å². The lowest BCUT2D eigenvalue weighted by Gasteiger charge is -2.28. The summed E-state index contributed by atoms with van der Waals surface area (Å²) in [5.74, 6) is -0.207. The minimum absolute atomic E-state index is 0.0353. The summed E-state index contributed by atoms with van der Waals surface area (Å²) in [5.41, 5.74) is 2.39. The smallest absolute Gasteiger partial charge is 0.249 e. The summed E-state index contributed by atoms with van der Waals surface area (Å²) >= 11 is 0.